The average molecular weight is 282 g/mol. The van der Waals surface area contributed by atoms with Gasteiger partial charge in [0.25, 0.3) is 0 Å². The van der Waals surface area contributed by atoms with E-state index in [1.54, 1.807) is 0 Å². The predicted molar refractivity (Wildman–Crippen MR) is 81.3 cm³/mol. The van der Waals surface area contributed by atoms with Crippen LogP contribution in [0.15, 0.2) is 18.2 Å². The molecule has 1 aromatic carbocycles. The van der Waals surface area contributed by atoms with Gasteiger partial charge in [0.15, 0.2) is 0 Å². The Hall–Kier alpha value is -0.730. The third kappa shape index (κ3) is 3.64. The second-order valence-corrected chi connectivity index (χ2v) is 6.38. The minimum atomic E-state index is 0.161. The Labute approximate surface area is 121 Å². The van der Waals surface area contributed by atoms with E-state index in [0.717, 1.165) is 36.7 Å². The van der Waals surface area contributed by atoms with Gasteiger partial charge in [0.05, 0.1) is 5.02 Å². The van der Waals surface area contributed by atoms with Crippen LogP contribution >= 0.6 is 11.6 Å². The molecule has 1 fully saturated rings. The van der Waals surface area contributed by atoms with Crippen LogP contribution in [0.3, 0.4) is 0 Å². The lowest BCUT2D eigenvalue weighted by molar-refractivity contribution is 0.167. The second kappa shape index (κ2) is 6.15. The van der Waals surface area contributed by atoms with E-state index in [2.05, 4.69) is 38.2 Å². The second-order valence-electron chi connectivity index (χ2n) is 5.97. The molecule has 1 atom stereocenters. The molecule has 1 heterocycles. The third-order valence-electron chi connectivity index (χ3n) is 4.14. The van der Waals surface area contributed by atoms with Crippen molar-refractivity contribution in [1.29, 1.82) is 0 Å². The van der Waals surface area contributed by atoms with Gasteiger partial charge in [-0.05, 0) is 48.9 Å². The van der Waals surface area contributed by atoms with Crippen molar-refractivity contribution in [3.63, 3.8) is 0 Å². The zero-order valence-corrected chi connectivity index (χ0v) is 12.9. The maximum absolute atomic E-state index is 6.37. The fraction of sp³-hybridized carbons (Fsp3) is 0.625. The molecule has 0 amide bonds. The highest BCUT2D eigenvalue weighted by Gasteiger charge is 2.20. The number of piperidine rings is 1. The average Bonchev–Trinajstić information content (AvgIpc) is 2.42. The van der Waals surface area contributed by atoms with Gasteiger partial charge in [0, 0.05) is 6.54 Å². The first kappa shape index (κ1) is 14.7. The summed E-state index contributed by atoms with van der Waals surface area (Å²) in [6, 6.07) is 6.21. The summed E-state index contributed by atoms with van der Waals surface area (Å²) in [6.45, 7) is 8.69. The van der Waals surface area contributed by atoms with E-state index in [4.69, 9.17) is 16.3 Å². The quantitative estimate of drug-likeness (QED) is 0.895. The molecule has 19 heavy (non-hydrogen) atoms. The first-order valence-corrected chi connectivity index (χ1v) is 7.58. The van der Waals surface area contributed by atoms with Gasteiger partial charge in [-0.2, -0.15) is 0 Å². The number of halogens is 1. The number of benzene rings is 1. The molecule has 2 nitrogen and oxygen atoms in total. The summed E-state index contributed by atoms with van der Waals surface area (Å²) in [5.74, 6) is 0.811. The van der Waals surface area contributed by atoms with Gasteiger partial charge in [0.1, 0.15) is 11.9 Å². The molecule has 2 rings (SSSR count). The van der Waals surface area contributed by atoms with Gasteiger partial charge < -0.3 is 10.1 Å². The topological polar surface area (TPSA) is 21.3 Å². The summed E-state index contributed by atoms with van der Waals surface area (Å²) in [4.78, 5) is 0. The molecular formula is C16H24ClNO. The number of hydrogen-bond donors (Lipinski definition) is 1. The first-order valence-electron chi connectivity index (χ1n) is 7.20. The van der Waals surface area contributed by atoms with Crippen molar-refractivity contribution in [3.8, 4) is 5.75 Å². The highest BCUT2D eigenvalue weighted by Crippen LogP contribution is 2.33. The maximum atomic E-state index is 6.37. The molecule has 0 aromatic heterocycles. The summed E-state index contributed by atoms with van der Waals surface area (Å²) < 4.78 is 5.99. The Morgan fingerprint density at radius 3 is 2.79 bits per heavy atom. The molecule has 0 spiro atoms. The largest absolute Gasteiger partial charge is 0.488 e. The van der Waals surface area contributed by atoms with E-state index in [1.807, 2.05) is 6.07 Å². The molecule has 0 saturated carbocycles. The van der Waals surface area contributed by atoms with Gasteiger partial charge in [-0.3, -0.25) is 0 Å². The highest BCUT2D eigenvalue weighted by atomic mass is 35.5. The summed E-state index contributed by atoms with van der Waals surface area (Å²) >= 11 is 6.37. The fourth-order valence-corrected chi connectivity index (χ4v) is 2.55. The van der Waals surface area contributed by atoms with E-state index in [9.17, 15) is 0 Å². The van der Waals surface area contributed by atoms with E-state index >= 15 is 0 Å². The zero-order valence-electron chi connectivity index (χ0n) is 12.1. The first-order chi connectivity index (χ1) is 9.03. The van der Waals surface area contributed by atoms with Crippen LogP contribution < -0.4 is 10.1 Å². The van der Waals surface area contributed by atoms with Crippen LogP contribution in [0.1, 0.15) is 45.6 Å². The van der Waals surface area contributed by atoms with Crippen molar-refractivity contribution in [2.24, 2.45) is 0 Å². The molecule has 1 N–H and O–H groups in total. The molecule has 1 saturated heterocycles. The monoisotopic (exact) mass is 281 g/mol. The van der Waals surface area contributed by atoms with E-state index in [0.29, 0.717) is 0 Å². The lowest BCUT2D eigenvalue weighted by atomic mass is 9.82. The molecule has 0 aliphatic carbocycles. The van der Waals surface area contributed by atoms with Crippen molar-refractivity contribution in [2.45, 2.75) is 51.6 Å². The summed E-state index contributed by atoms with van der Waals surface area (Å²) in [5.41, 5.74) is 1.43. The zero-order chi connectivity index (χ0) is 13.9. The Morgan fingerprint density at radius 1 is 1.42 bits per heavy atom. The number of ether oxygens (including phenoxy) is 1. The molecule has 106 valence electrons. The molecule has 3 heteroatoms. The Balaban J connectivity index is 2.10. The minimum Gasteiger partial charge on any atom is -0.488 e. The highest BCUT2D eigenvalue weighted by molar-refractivity contribution is 6.32. The maximum Gasteiger partial charge on any atom is 0.138 e. The fourth-order valence-electron chi connectivity index (χ4n) is 2.32. The van der Waals surface area contributed by atoms with Gasteiger partial charge in [0.2, 0.25) is 0 Å². The third-order valence-corrected chi connectivity index (χ3v) is 4.44. The van der Waals surface area contributed by atoms with Crippen molar-refractivity contribution in [1.82, 2.24) is 5.32 Å². The molecule has 1 aromatic rings. The van der Waals surface area contributed by atoms with Crippen molar-refractivity contribution in [2.75, 3.05) is 13.1 Å². The molecule has 1 aliphatic rings. The van der Waals surface area contributed by atoms with Crippen molar-refractivity contribution >= 4 is 11.6 Å². The Morgan fingerprint density at radius 2 is 2.21 bits per heavy atom. The van der Waals surface area contributed by atoms with E-state index in [1.165, 1.54) is 12.0 Å². The minimum absolute atomic E-state index is 0.161. The lowest BCUT2D eigenvalue weighted by Gasteiger charge is -2.26. The van der Waals surface area contributed by atoms with Crippen LogP contribution in [-0.4, -0.2) is 19.2 Å². The predicted octanol–water partition coefficient (Wildman–Crippen LogP) is 4.16. The number of hydrogen-bond acceptors (Lipinski definition) is 2. The van der Waals surface area contributed by atoms with Crippen molar-refractivity contribution < 1.29 is 4.74 Å². The molecular weight excluding hydrogens is 258 g/mol. The van der Waals surface area contributed by atoms with Gasteiger partial charge >= 0.3 is 0 Å². The Bertz CT molecular complexity index is 425. The molecule has 0 radical (unpaired) electrons. The summed E-state index contributed by atoms with van der Waals surface area (Å²) in [6.07, 6.45) is 3.61. The lowest BCUT2D eigenvalue weighted by Crippen LogP contribution is -2.37. The van der Waals surface area contributed by atoms with Crippen LogP contribution in [0.25, 0.3) is 0 Å². The van der Waals surface area contributed by atoms with E-state index in [-0.39, 0.29) is 11.5 Å². The smallest absolute Gasteiger partial charge is 0.138 e. The van der Waals surface area contributed by atoms with Crippen molar-refractivity contribution in [3.05, 3.63) is 28.8 Å². The molecule has 0 unspecified atom stereocenters. The van der Waals surface area contributed by atoms with Crippen LogP contribution in [0.2, 0.25) is 5.02 Å². The summed E-state index contributed by atoms with van der Waals surface area (Å²) in [5, 5.41) is 4.08. The van der Waals surface area contributed by atoms with Crippen LogP contribution in [0.4, 0.5) is 0 Å². The van der Waals surface area contributed by atoms with Gasteiger partial charge in [-0.1, -0.05) is 38.4 Å². The SMILES string of the molecule is CCC(C)(C)c1ccc(O[C@@H]2CCCNC2)c(Cl)c1. The van der Waals surface area contributed by atoms with Gasteiger partial charge in [-0.15, -0.1) is 0 Å². The van der Waals surface area contributed by atoms with Crippen LogP contribution in [0.5, 0.6) is 5.75 Å². The number of rotatable bonds is 4. The van der Waals surface area contributed by atoms with E-state index < -0.39 is 0 Å². The van der Waals surface area contributed by atoms with Gasteiger partial charge in [-0.25, -0.2) is 0 Å². The van der Waals surface area contributed by atoms with Crippen LogP contribution in [-0.2, 0) is 5.41 Å². The Kier molecular flexibility index (Phi) is 4.75. The standard InChI is InChI=1S/C16H24ClNO/c1-4-16(2,3)12-7-8-15(14(17)10-12)19-13-6-5-9-18-11-13/h7-8,10,13,18H,4-6,9,11H2,1-3H3/t13-/m1/s1. The summed E-state index contributed by atoms with van der Waals surface area (Å²) in [7, 11) is 0. The number of nitrogens with one attached hydrogen (secondary N) is 1. The molecule has 1 aliphatic heterocycles. The molecule has 0 bridgehead atoms. The normalized spacial score (nSPS) is 20.3. The van der Waals surface area contributed by atoms with Crippen LogP contribution in [0, 0.1) is 0 Å².